The summed E-state index contributed by atoms with van der Waals surface area (Å²) in [5, 5.41) is 6.04. The summed E-state index contributed by atoms with van der Waals surface area (Å²) >= 11 is 0. The second-order valence-electron chi connectivity index (χ2n) is 3.16. The first-order valence-electron chi connectivity index (χ1n) is 4.69. The third-order valence-electron chi connectivity index (χ3n) is 2.03. The van der Waals surface area contributed by atoms with Crippen LogP contribution in [0.5, 0.6) is 0 Å². The molecule has 0 unspecified atom stereocenters. The van der Waals surface area contributed by atoms with Gasteiger partial charge in [-0.1, -0.05) is 35.5 Å². The highest BCUT2D eigenvalue weighted by molar-refractivity contribution is 5.56. The van der Waals surface area contributed by atoms with Crippen molar-refractivity contribution in [1.29, 1.82) is 0 Å². The Morgan fingerprint density at radius 1 is 1.29 bits per heavy atom. The molecule has 0 atom stereocenters. The van der Waals surface area contributed by atoms with Gasteiger partial charge in [0.1, 0.15) is 12.2 Å². The van der Waals surface area contributed by atoms with Gasteiger partial charge in [-0.3, -0.25) is 0 Å². The Morgan fingerprint density at radius 3 is 2.79 bits per heavy atom. The lowest BCUT2D eigenvalue weighted by molar-refractivity contribution is -0.643. The number of nitrogens with two attached hydrogens (primary N) is 1. The van der Waals surface area contributed by atoms with Crippen molar-refractivity contribution in [2.24, 2.45) is 0 Å². The van der Waals surface area contributed by atoms with Crippen molar-refractivity contribution in [3.8, 4) is 11.3 Å². The smallest absolute Gasteiger partial charge is 0.167 e. The lowest BCUT2D eigenvalue weighted by Crippen LogP contribution is -2.77. The third kappa shape index (κ3) is 1.83. The maximum Gasteiger partial charge on any atom is 0.167 e. The minimum absolute atomic E-state index is 0.836. The zero-order valence-electron chi connectivity index (χ0n) is 8.10. The quantitative estimate of drug-likeness (QED) is 0.783. The van der Waals surface area contributed by atoms with Crippen molar-refractivity contribution in [1.82, 2.24) is 5.16 Å². The molecule has 3 nitrogen and oxygen atoms in total. The summed E-state index contributed by atoms with van der Waals surface area (Å²) in [5.74, 6) is 0.836. The Kier molecular flexibility index (Phi) is 2.60. The van der Waals surface area contributed by atoms with E-state index in [1.165, 1.54) is 0 Å². The van der Waals surface area contributed by atoms with Crippen LogP contribution in [-0.4, -0.2) is 12.2 Å². The molecule has 0 saturated heterocycles. The standard InChI is InChI=1S/C11H12N2O/c1-12-8-10-7-11(14-13-10)9-5-3-2-4-6-9/h2-7,12H,8H2,1H3/p+1. The lowest BCUT2D eigenvalue weighted by Gasteiger charge is -1.91. The fraction of sp³-hybridized carbons (Fsp3) is 0.182. The molecule has 0 saturated carbocycles. The molecule has 0 spiro atoms. The Morgan fingerprint density at radius 2 is 2.07 bits per heavy atom. The van der Waals surface area contributed by atoms with Crippen LogP contribution in [0, 0.1) is 0 Å². The lowest BCUT2D eigenvalue weighted by atomic mass is 10.2. The summed E-state index contributed by atoms with van der Waals surface area (Å²) in [6.45, 7) is 0.857. The van der Waals surface area contributed by atoms with Gasteiger partial charge in [0.15, 0.2) is 5.76 Å². The van der Waals surface area contributed by atoms with Crippen LogP contribution in [-0.2, 0) is 6.54 Å². The Labute approximate surface area is 82.7 Å². The van der Waals surface area contributed by atoms with Crippen LogP contribution in [0.3, 0.4) is 0 Å². The van der Waals surface area contributed by atoms with E-state index in [1.54, 1.807) is 0 Å². The molecule has 2 rings (SSSR count). The number of quaternary nitrogens is 1. The van der Waals surface area contributed by atoms with Gasteiger partial charge in [-0.15, -0.1) is 0 Å². The minimum atomic E-state index is 0.836. The van der Waals surface area contributed by atoms with Crippen LogP contribution < -0.4 is 5.32 Å². The predicted molar refractivity (Wildman–Crippen MR) is 53.5 cm³/mol. The monoisotopic (exact) mass is 189 g/mol. The molecule has 3 heteroatoms. The van der Waals surface area contributed by atoms with E-state index in [0.717, 1.165) is 23.6 Å². The molecule has 0 aliphatic heterocycles. The molecule has 1 aromatic heterocycles. The highest BCUT2D eigenvalue weighted by atomic mass is 16.5. The molecule has 72 valence electrons. The summed E-state index contributed by atoms with van der Waals surface area (Å²) in [4.78, 5) is 0. The topological polar surface area (TPSA) is 42.6 Å². The van der Waals surface area contributed by atoms with Crippen LogP contribution in [0.2, 0.25) is 0 Å². The zero-order chi connectivity index (χ0) is 9.80. The number of aromatic nitrogens is 1. The molecule has 1 aromatic carbocycles. The molecule has 2 N–H and O–H groups in total. The highest BCUT2D eigenvalue weighted by Crippen LogP contribution is 2.18. The van der Waals surface area contributed by atoms with Gasteiger partial charge in [-0.25, -0.2) is 0 Å². The maximum absolute atomic E-state index is 5.23. The van der Waals surface area contributed by atoms with Crippen LogP contribution in [0.15, 0.2) is 40.9 Å². The summed E-state index contributed by atoms with van der Waals surface area (Å²) in [5.41, 5.74) is 2.05. The number of hydrogen-bond donors (Lipinski definition) is 1. The van der Waals surface area contributed by atoms with Crippen molar-refractivity contribution in [2.45, 2.75) is 6.54 Å². The third-order valence-corrected chi connectivity index (χ3v) is 2.03. The summed E-state index contributed by atoms with van der Waals surface area (Å²) in [6, 6.07) is 12.0. The first-order valence-corrected chi connectivity index (χ1v) is 4.69. The fourth-order valence-electron chi connectivity index (χ4n) is 1.36. The molecule has 14 heavy (non-hydrogen) atoms. The van der Waals surface area contributed by atoms with Gasteiger partial charge in [0, 0.05) is 11.6 Å². The van der Waals surface area contributed by atoms with Gasteiger partial charge in [0.25, 0.3) is 0 Å². The second kappa shape index (κ2) is 4.07. The van der Waals surface area contributed by atoms with Gasteiger partial charge in [0.05, 0.1) is 7.05 Å². The molecule has 0 amide bonds. The molecule has 2 aromatic rings. The van der Waals surface area contributed by atoms with E-state index in [9.17, 15) is 0 Å². The molecule has 0 aliphatic carbocycles. The van der Waals surface area contributed by atoms with E-state index in [-0.39, 0.29) is 0 Å². The van der Waals surface area contributed by atoms with Gasteiger partial charge in [-0.2, -0.15) is 0 Å². The Hall–Kier alpha value is -1.61. The Balaban J connectivity index is 2.25. The van der Waals surface area contributed by atoms with Crippen molar-refractivity contribution in [2.75, 3.05) is 7.05 Å². The average molecular weight is 189 g/mol. The summed E-state index contributed by atoms with van der Waals surface area (Å²) < 4.78 is 5.23. The number of nitrogens with zero attached hydrogens (tertiary/aromatic N) is 1. The molecular formula is C11H13N2O+. The van der Waals surface area contributed by atoms with Crippen LogP contribution in [0.4, 0.5) is 0 Å². The molecule has 0 radical (unpaired) electrons. The molecular weight excluding hydrogens is 176 g/mol. The Bertz CT molecular complexity index is 395. The van der Waals surface area contributed by atoms with E-state index in [4.69, 9.17) is 4.52 Å². The summed E-state index contributed by atoms with van der Waals surface area (Å²) in [6.07, 6.45) is 0. The largest absolute Gasteiger partial charge is 0.356 e. The number of benzene rings is 1. The molecule has 0 fully saturated rings. The average Bonchev–Trinajstić information content (AvgIpc) is 2.68. The van der Waals surface area contributed by atoms with Gasteiger partial charge >= 0.3 is 0 Å². The van der Waals surface area contributed by atoms with E-state index < -0.39 is 0 Å². The van der Waals surface area contributed by atoms with Crippen molar-refractivity contribution in [3.05, 3.63) is 42.1 Å². The zero-order valence-corrected chi connectivity index (χ0v) is 8.10. The van der Waals surface area contributed by atoms with Gasteiger partial charge in [-0.05, 0) is 0 Å². The van der Waals surface area contributed by atoms with Crippen molar-refractivity contribution in [3.63, 3.8) is 0 Å². The van der Waals surface area contributed by atoms with E-state index in [1.807, 2.05) is 43.4 Å². The van der Waals surface area contributed by atoms with Crippen molar-refractivity contribution >= 4 is 0 Å². The van der Waals surface area contributed by atoms with Gasteiger partial charge in [0.2, 0.25) is 0 Å². The van der Waals surface area contributed by atoms with Crippen molar-refractivity contribution < 1.29 is 9.84 Å². The minimum Gasteiger partial charge on any atom is -0.356 e. The van der Waals surface area contributed by atoms with E-state index in [2.05, 4.69) is 10.5 Å². The first kappa shape index (κ1) is 8.97. The first-order chi connectivity index (χ1) is 6.90. The number of hydrogen-bond acceptors (Lipinski definition) is 2. The van der Waals surface area contributed by atoms with E-state index in [0.29, 0.717) is 0 Å². The fourth-order valence-corrected chi connectivity index (χ4v) is 1.36. The molecule has 1 heterocycles. The molecule has 0 bridgehead atoms. The van der Waals surface area contributed by atoms with Crippen LogP contribution in [0.25, 0.3) is 11.3 Å². The van der Waals surface area contributed by atoms with Crippen LogP contribution >= 0.6 is 0 Å². The maximum atomic E-state index is 5.23. The summed E-state index contributed by atoms with van der Waals surface area (Å²) in [7, 11) is 2.01. The highest BCUT2D eigenvalue weighted by Gasteiger charge is 2.05. The predicted octanol–water partition coefficient (Wildman–Crippen LogP) is 1.03. The molecule has 0 aliphatic rings. The SMILES string of the molecule is C[NH2+]Cc1cc(-c2ccccc2)on1. The number of rotatable bonds is 3. The second-order valence-corrected chi connectivity index (χ2v) is 3.16. The normalized spacial score (nSPS) is 10.4. The van der Waals surface area contributed by atoms with Gasteiger partial charge < -0.3 is 9.84 Å². The van der Waals surface area contributed by atoms with Crippen LogP contribution in [0.1, 0.15) is 5.69 Å². The van der Waals surface area contributed by atoms with E-state index >= 15 is 0 Å².